The highest BCUT2D eigenvalue weighted by atomic mass is 19.3. The van der Waals surface area contributed by atoms with Crippen molar-refractivity contribution in [2.24, 2.45) is 5.41 Å². The number of carbonyl (C=O) groups excluding carboxylic acids is 3. The van der Waals surface area contributed by atoms with Gasteiger partial charge in [-0.15, -0.1) is 0 Å². The molecule has 3 aliphatic rings. The van der Waals surface area contributed by atoms with Crippen molar-refractivity contribution in [1.82, 2.24) is 15.5 Å². The number of nitriles is 1. The molecular formula is C25H31F2N5O4. The Kier molecular flexibility index (Phi) is 6.82. The van der Waals surface area contributed by atoms with E-state index in [0.29, 0.717) is 51.3 Å². The molecule has 2 saturated heterocycles. The number of rotatable bonds is 7. The van der Waals surface area contributed by atoms with Crippen LogP contribution in [-0.4, -0.2) is 67.0 Å². The second-order valence-corrected chi connectivity index (χ2v) is 10.1. The van der Waals surface area contributed by atoms with E-state index in [1.165, 1.54) is 4.90 Å². The Morgan fingerprint density at radius 2 is 1.75 bits per heavy atom. The smallest absolute Gasteiger partial charge is 0.318 e. The maximum atomic E-state index is 13.8. The van der Waals surface area contributed by atoms with Gasteiger partial charge >= 0.3 is 6.03 Å². The standard InChI is InChI=1S/C25H31F2N5O4/c1-23(26,27)15-19(20(33)30-25(16-28)7-8-25)29-22(35)31-12-9-24(10-13-31)11-14-32(21(24)34)17-3-5-18(36-2)6-4-17/h3-6,19H,7-15H2,1-2H3,(H,29,35)(H,30,33)/t19-/m0/s1. The van der Waals surface area contributed by atoms with Gasteiger partial charge in [0.2, 0.25) is 17.7 Å². The molecule has 4 rings (SSSR count). The Morgan fingerprint density at radius 3 is 2.28 bits per heavy atom. The molecule has 1 aromatic rings. The number of methoxy groups -OCH3 is 1. The number of carbonyl (C=O) groups is 3. The second kappa shape index (κ2) is 9.56. The van der Waals surface area contributed by atoms with Gasteiger partial charge in [0.15, 0.2) is 0 Å². The average Bonchev–Trinajstić information content (AvgIpc) is 3.56. The first-order valence-corrected chi connectivity index (χ1v) is 12.1. The van der Waals surface area contributed by atoms with Gasteiger partial charge in [-0.2, -0.15) is 5.26 Å². The molecule has 0 radical (unpaired) electrons. The highest BCUT2D eigenvalue weighted by Crippen LogP contribution is 2.43. The zero-order chi connectivity index (χ0) is 26.1. The quantitative estimate of drug-likeness (QED) is 0.594. The first-order chi connectivity index (χ1) is 17.0. The summed E-state index contributed by atoms with van der Waals surface area (Å²) in [6, 6.07) is 7.16. The SMILES string of the molecule is COc1ccc(N2CCC3(CCN(C(=O)N[C@@H](CC(C)(F)F)C(=O)NC4(C#N)CC4)CC3)C2=O)cc1. The highest BCUT2D eigenvalue weighted by molar-refractivity contribution is 6.00. The summed E-state index contributed by atoms with van der Waals surface area (Å²) < 4.78 is 32.7. The summed E-state index contributed by atoms with van der Waals surface area (Å²) in [5.74, 6) is -3.27. The van der Waals surface area contributed by atoms with Gasteiger partial charge in [-0.05, 0) is 63.3 Å². The van der Waals surface area contributed by atoms with Crippen LogP contribution in [0.2, 0.25) is 0 Å². The number of amides is 4. The summed E-state index contributed by atoms with van der Waals surface area (Å²) in [5.41, 5.74) is -0.813. The number of hydrogen-bond acceptors (Lipinski definition) is 5. The topological polar surface area (TPSA) is 115 Å². The maximum Gasteiger partial charge on any atom is 0.318 e. The molecule has 194 valence electrons. The van der Waals surface area contributed by atoms with Crippen LogP contribution in [0.1, 0.15) is 45.4 Å². The van der Waals surface area contributed by atoms with E-state index in [0.717, 1.165) is 5.69 Å². The van der Waals surface area contributed by atoms with E-state index in [2.05, 4.69) is 10.6 Å². The molecule has 2 heterocycles. The van der Waals surface area contributed by atoms with Crippen LogP contribution in [-0.2, 0) is 9.59 Å². The van der Waals surface area contributed by atoms with Gasteiger partial charge in [0, 0.05) is 31.7 Å². The van der Waals surface area contributed by atoms with E-state index in [9.17, 15) is 28.4 Å². The van der Waals surface area contributed by atoms with Gasteiger partial charge in [0.1, 0.15) is 17.3 Å². The van der Waals surface area contributed by atoms with Crippen molar-refractivity contribution < 1.29 is 27.9 Å². The minimum Gasteiger partial charge on any atom is -0.497 e. The largest absolute Gasteiger partial charge is 0.497 e. The van der Waals surface area contributed by atoms with Crippen LogP contribution in [0.4, 0.5) is 19.3 Å². The number of likely N-dealkylation sites (tertiary alicyclic amines) is 1. The van der Waals surface area contributed by atoms with E-state index >= 15 is 0 Å². The molecule has 4 amide bonds. The lowest BCUT2D eigenvalue weighted by Gasteiger charge is -2.38. The summed E-state index contributed by atoms with van der Waals surface area (Å²) in [6.07, 6.45) is 1.59. The number of urea groups is 1. The molecule has 2 aliphatic heterocycles. The lowest BCUT2D eigenvalue weighted by Crippen LogP contribution is -2.56. The van der Waals surface area contributed by atoms with Crippen LogP contribution in [0.3, 0.4) is 0 Å². The van der Waals surface area contributed by atoms with Crippen molar-refractivity contribution >= 4 is 23.5 Å². The fourth-order valence-corrected chi connectivity index (χ4v) is 4.95. The number of nitrogens with zero attached hydrogens (tertiary/aromatic N) is 3. The Labute approximate surface area is 208 Å². The summed E-state index contributed by atoms with van der Waals surface area (Å²) >= 11 is 0. The number of halogens is 2. The third-order valence-corrected chi connectivity index (χ3v) is 7.41. The minimum absolute atomic E-state index is 0.0156. The molecule has 1 spiro atoms. The van der Waals surface area contributed by atoms with E-state index in [1.54, 1.807) is 24.1 Å². The number of piperidine rings is 1. The molecule has 1 saturated carbocycles. The first-order valence-electron chi connectivity index (χ1n) is 12.1. The fraction of sp³-hybridized carbons (Fsp3) is 0.600. The maximum absolute atomic E-state index is 13.8. The summed E-state index contributed by atoms with van der Waals surface area (Å²) in [6.45, 7) is 1.80. The fourth-order valence-electron chi connectivity index (χ4n) is 4.95. The van der Waals surface area contributed by atoms with Crippen molar-refractivity contribution in [2.45, 2.75) is 63.0 Å². The van der Waals surface area contributed by atoms with Crippen LogP contribution >= 0.6 is 0 Å². The summed E-state index contributed by atoms with van der Waals surface area (Å²) in [5, 5.41) is 14.1. The molecule has 3 fully saturated rings. The van der Waals surface area contributed by atoms with Gasteiger partial charge in [-0.3, -0.25) is 9.59 Å². The van der Waals surface area contributed by atoms with Crippen molar-refractivity contribution in [3.05, 3.63) is 24.3 Å². The number of nitrogens with one attached hydrogen (secondary N) is 2. The number of benzene rings is 1. The zero-order valence-electron chi connectivity index (χ0n) is 20.5. The lowest BCUT2D eigenvalue weighted by atomic mass is 9.77. The van der Waals surface area contributed by atoms with Gasteiger partial charge in [0.25, 0.3) is 0 Å². The molecular weight excluding hydrogens is 472 g/mol. The Balaban J connectivity index is 1.36. The Morgan fingerprint density at radius 1 is 1.14 bits per heavy atom. The molecule has 1 aromatic carbocycles. The van der Waals surface area contributed by atoms with E-state index in [-0.39, 0.29) is 19.0 Å². The van der Waals surface area contributed by atoms with E-state index < -0.39 is 41.3 Å². The van der Waals surface area contributed by atoms with Crippen LogP contribution < -0.4 is 20.3 Å². The normalized spacial score (nSPS) is 21.0. The van der Waals surface area contributed by atoms with Gasteiger partial charge in [0.05, 0.1) is 18.6 Å². The molecule has 9 nitrogen and oxygen atoms in total. The molecule has 0 bridgehead atoms. The summed E-state index contributed by atoms with van der Waals surface area (Å²) in [4.78, 5) is 42.1. The number of alkyl halides is 2. The van der Waals surface area contributed by atoms with Gasteiger partial charge in [-0.1, -0.05) is 0 Å². The molecule has 1 atom stereocenters. The van der Waals surface area contributed by atoms with Crippen molar-refractivity contribution in [1.29, 1.82) is 5.26 Å². The second-order valence-electron chi connectivity index (χ2n) is 10.1. The number of anilines is 1. The Bertz CT molecular complexity index is 1050. The monoisotopic (exact) mass is 503 g/mol. The first kappa shape index (κ1) is 25.7. The zero-order valence-corrected chi connectivity index (χ0v) is 20.5. The molecule has 1 aliphatic carbocycles. The lowest BCUT2D eigenvalue weighted by molar-refractivity contribution is -0.127. The third-order valence-electron chi connectivity index (χ3n) is 7.41. The van der Waals surface area contributed by atoms with Crippen LogP contribution in [0, 0.1) is 16.7 Å². The van der Waals surface area contributed by atoms with Crippen LogP contribution in [0.15, 0.2) is 24.3 Å². The number of hydrogen-bond donors (Lipinski definition) is 2. The van der Waals surface area contributed by atoms with E-state index in [4.69, 9.17) is 4.74 Å². The summed E-state index contributed by atoms with van der Waals surface area (Å²) in [7, 11) is 1.58. The average molecular weight is 504 g/mol. The van der Waals surface area contributed by atoms with Crippen LogP contribution in [0.5, 0.6) is 5.75 Å². The van der Waals surface area contributed by atoms with Gasteiger partial charge in [-0.25, -0.2) is 13.6 Å². The minimum atomic E-state index is -3.19. The third kappa shape index (κ3) is 5.37. The predicted octanol–water partition coefficient (Wildman–Crippen LogP) is 2.81. The molecule has 11 heteroatoms. The molecule has 0 aromatic heterocycles. The van der Waals surface area contributed by atoms with Crippen LogP contribution in [0.25, 0.3) is 0 Å². The highest BCUT2D eigenvalue weighted by Gasteiger charge is 2.50. The van der Waals surface area contributed by atoms with Gasteiger partial charge < -0.3 is 25.2 Å². The van der Waals surface area contributed by atoms with Crippen molar-refractivity contribution in [2.75, 3.05) is 31.6 Å². The predicted molar refractivity (Wildman–Crippen MR) is 126 cm³/mol. The van der Waals surface area contributed by atoms with Crippen molar-refractivity contribution in [3.8, 4) is 11.8 Å². The number of ether oxygens (including phenoxy) is 1. The molecule has 2 N–H and O–H groups in total. The van der Waals surface area contributed by atoms with E-state index in [1.807, 2.05) is 18.2 Å². The van der Waals surface area contributed by atoms with Crippen molar-refractivity contribution in [3.63, 3.8) is 0 Å². The molecule has 36 heavy (non-hydrogen) atoms. The molecule has 0 unspecified atom stereocenters. The Hall–Kier alpha value is -3.42.